The molecule has 0 heterocycles. The SMILES string of the molecule is [AlH3].[Cr].[Cu].[Fe].[H-].[H-].[Mg+2].[Mn].[SiH4].[Ti].[Zn]. The summed E-state index contributed by atoms with van der Waals surface area (Å²) in [5, 5.41) is 0. The van der Waals surface area contributed by atoms with E-state index in [-0.39, 0.29) is 164 Å². The second-order valence-corrected chi connectivity index (χ2v) is 0. The molecular formula is H9AlCrCuFeMgMnSiTiZn. The van der Waals surface area contributed by atoms with E-state index >= 15 is 0 Å². The topological polar surface area (TPSA) is 0 Å². The third-order valence-electron chi connectivity index (χ3n) is 0. The zero-order chi connectivity index (χ0) is 0. The van der Waals surface area contributed by atoms with E-state index in [0.717, 1.165) is 0 Å². The van der Waals surface area contributed by atoms with Crippen LogP contribution in [0.3, 0.4) is 0 Å². The van der Waals surface area contributed by atoms with Crippen LogP contribution in [0.1, 0.15) is 2.85 Å². The van der Waals surface area contributed by atoms with Gasteiger partial charge in [0.15, 0.2) is 17.4 Å². The van der Waals surface area contributed by atoms with Crippen LogP contribution in [0.15, 0.2) is 0 Å². The van der Waals surface area contributed by atoms with Crippen LogP contribution in [0.25, 0.3) is 0 Å². The van der Waals surface area contributed by atoms with Crippen molar-refractivity contribution >= 4 is 51.4 Å². The van der Waals surface area contributed by atoms with Crippen LogP contribution in [-0.2, 0) is 110 Å². The van der Waals surface area contributed by atoms with Crippen LogP contribution in [0, 0.1) is 0 Å². The summed E-state index contributed by atoms with van der Waals surface area (Å²) in [4.78, 5) is 0. The fourth-order valence-corrected chi connectivity index (χ4v) is 0. The van der Waals surface area contributed by atoms with Gasteiger partial charge in [0.1, 0.15) is 0 Å². The molecule has 0 saturated carbocycles. The maximum atomic E-state index is 0. The Balaban J connectivity index is 0. The Labute approximate surface area is 161 Å². The van der Waals surface area contributed by atoms with Crippen molar-refractivity contribution in [2.75, 3.05) is 0 Å². The fourth-order valence-electron chi connectivity index (χ4n) is 0. The van der Waals surface area contributed by atoms with Gasteiger partial charge >= 0.3 is 23.1 Å². The molecule has 0 bridgehead atoms. The summed E-state index contributed by atoms with van der Waals surface area (Å²) in [5.41, 5.74) is 0. The first-order valence-corrected chi connectivity index (χ1v) is 0. The van der Waals surface area contributed by atoms with Crippen LogP contribution in [-0.4, -0.2) is 51.4 Å². The van der Waals surface area contributed by atoms with E-state index in [0.29, 0.717) is 0 Å². The maximum absolute atomic E-state index is 0. The molecule has 0 aliphatic rings. The Kier molecular flexibility index (Phi) is 802. The molecule has 0 nitrogen and oxygen atoms in total. The van der Waals surface area contributed by atoms with Gasteiger partial charge in [0.2, 0.25) is 0 Å². The molecule has 9 heteroatoms. The zero-order valence-electron chi connectivity index (χ0n) is 5.36. The van der Waals surface area contributed by atoms with Gasteiger partial charge in [0, 0.05) is 110 Å². The second-order valence-electron chi connectivity index (χ2n) is 0. The second kappa shape index (κ2) is 75.5. The monoisotopic (exact) mass is 426 g/mol. The summed E-state index contributed by atoms with van der Waals surface area (Å²) in [6, 6.07) is 0. The van der Waals surface area contributed by atoms with Crippen molar-refractivity contribution in [3.63, 3.8) is 0 Å². The van der Waals surface area contributed by atoms with Crippen molar-refractivity contribution in [3.8, 4) is 0 Å². The Hall–Kier alpha value is 4.94. The van der Waals surface area contributed by atoms with Crippen molar-refractivity contribution in [1.29, 1.82) is 0 Å². The molecular weight excluding hydrogens is 419 g/mol. The Morgan fingerprint density at radius 2 is 1.11 bits per heavy atom. The van der Waals surface area contributed by atoms with Crippen molar-refractivity contribution in [2.45, 2.75) is 0 Å². The number of rotatable bonds is 0. The first-order chi connectivity index (χ1) is 0. The van der Waals surface area contributed by atoms with E-state index in [1.54, 1.807) is 0 Å². The van der Waals surface area contributed by atoms with E-state index in [9.17, 15) is 0 Å². The van der Waals surface area contributed by atoms with Crippen molar-refractivity contribution in [3.05, 3.63) is 0 Å². The normalized spacial score (nSPS) is 0. The van der Waals surface area contributed by atoms with Crippen LogP contribution >= 0.6 is 0 Å². The largest absolute Gasteiger partial charge is 2.00 e. The summed E-state index contributed by atoms with van der Waals surface area (Å²) in [6.07, 6.45) is 0. The third-order valence-corrected chi connectivity index (χ3v) is 0. The molecule has 56 valence electrons. The maximum Gasteiger partial charge on any atom is 2.00 e. The predicted octanol–water partition coefficient (Wildman–Crippen LogP) is -2.81. The first-order valence-electron chi connectivity index (χ1n) is 0. The molecule has 0 spiro atoms. The van der Waals surface area contributed by atoms with Crippen molar-refractivity contribution in [1.82, 2.24) is 0 Å². The number of hydrogen-bond acceptors (Lipinski definition) is 0. The zero-order valence-corrected chi connectivity index (χ0v) is 13.8. The molecule has 0 aromatic carbocycles. The number of hydrogen-bond donors (Lipinski definition) is 0. The molecule has 0 rings (SSSR count). The quantitative estimate of drug-likeness (QED) is 0.366. The molecule has 0 atom stereocenters. The fraction of sp³-hybridized carbons (Fsp3) is 0. The van der Waals surface area contributed by atoms with Crippen LogP contribution in [0.4, 0.5) is 0 Å². The summed E-state index contributed by atoms with van der Waals surface area (Å²) in [6.45, 7) is 0. The van der Waals surface area contributed by atoms with Gasteiger partial charge in [-0.1, -0.05) is 0 Å². The molecule has 0 unspecified atom stereocenters. The summed E-state index contributed by atoms with van der Waals surface area (Å²) < 4.78 is 0. The minimum Gasteiger partial charge on any atom is -1.00 e. The average Bonchev–Trinajstić information content (AvgIpc) is 0. The molecule has 0 aromatic heterocycles. The summed E-state index contributed by atoms with van der Waals surface area (Å²) in [7, 11) is 0. The Bertz CT molecular complexity index is 36.1. The average molecular weight is 428 g/mol. The van der Waals surface area contributed by atoms with E-state index in [4.69, 9.17) is 0 Å². The van der Waals surface area contributed by atoms with E-state index in [2.05, 4.69) is 0 Å². The van der Waals surface area contributed by atoms with Gasteiger partial charge in [-0.2, -0.15) is 0 Å². The first kappa shape index (κ1) is 95.6. The molecule has 0 N–H and O–H groups in total. The van der Waals surface area contributed by atoms with Crippen molar-refractivity contribution in [2.24, 2.45) is 0 Å². The van der Waals surface area contributed by atoms with E-state index < -0.39 is 0 Å². The summed E-state index contributed by atoms with van der Waals surface area (Å²) in [5.74, 6) is 0. The minimum absolute atomic E-state index is 0. The molecule has 0 aliphatic heterocycles. The van der Waals surface area contributed by atoms with Gasteiger partial charge in [-0.05, 0) is 11.0 Å². The Morgan fingerprint density at radius 1 is 1.11 bits per heavy atom. The van der Waals surface area contributed by atoms with Gasteiger partial charge in [-0.3, -0.25) is 0 Å². The van der Waals surface area contributed by atoms with E-state index in [1.807, 2.05) is 0 Å². The van der Waals surface area contributed by atoms with Gasteiger partial charge in [0.05, 0.1) is 0 Å². The smallest absolute Gasteiger partial charge is 1.00 e. The molecule has 0 aromatic rings. The van der Waals surface area contributed by atoms with Crippen molar-refractivity contribution < 1.29 is 113 Å². The van der Waals surface area contributed by atoms with Gasteiger partial charge in [0.25, 0.3) is 0 Å². The third kappa shape index (κ3) is 63.4. The molecule has 0 aliphatic carbocycles. The minimum atomic E-state index is 0. The Morgan fingerprint density at radius 3 is 1.11 bits per heavy atom. The van der Waals surface area contributed by atoms with Gasteiger partial charge in [-0.25, -0.2) is 0 Å². The van der Waals surface area contributed by atoms with Gasteiger partial charge in [-0.15, -0.1) is 0 Å². The molecule has 9 heavy (non-hydrogen) atoms. The molecule has 0 saturated heterocycles. The summed E-state index contributed by atoms with van der Waals surface area (Å²) >= 11 is 0. The molecule has 0 fully saturated rings. The molecule has 2 radical (unpaired) electrons. The van der Waals surface area contributed by atoms with Crippen LogP contribution in [0.5, 0.6) is 0 Å². The predicted molar refractivity (Wildman–Crippen MR) is 29.3 cm³/mol. The van der Waals surface area contributed by atoms with Gasteiger partial charge < -0.3 is 2.85 Å². The standard InChI is InChI=1S/Al.Cr.Cu.Fe.Mg.Mn.H4Si.Ti.Zn.5H/h;;;;;;1H4;;;;;;;/q;;;;+2;;;;;;;;2*-1. The van der Waals surface area contributed by atoms with E-state index in [1.165, 1.54) is 0 Å². The van der Waals surface area contributed by atoms with Crippen LogP contribution < -0.4 is 0 Å². The molecule has 0 amide bonds. The van der Waals surface area contributed by atoms with Crippen LogP contribution in [0.2, 0.25) is 0 Å².